The average molecular weight is 523 g/mol. The van der Waals surface area contributed by atoms with Crippen molar-refractivity contribution in [2.24, 2.45) is 0 Å². The summed E-state index contributed by atoms with van der Waals surface area (Å²) in [4.78, 5) is 14.1. The monoisotopic (exact) mass is 522 g/mol. The van der Waals surface area contributed by atoms with Crippen molar-refractivity contribution in [2.45, 2.75) is 37.8 Å². The second-order valence-electron chi connectivity index (χ2n) is 7.92. The molecule has 1 unspecified atom stereocenters. The number of amides is 2. The summed E-state index contributed by atoms with van der Waals surface area (Å²) in [5, 5.41) is 2.44. The van der Waals surface area contributed by atoms with Crippen LogP contribution in [0.3, 0.4) is 0 Å². The van der Waals surface area contributed by atoms with Crippen molar-refractivity contribution >= 4 is 21.8 Å². The van der Waals surface area contributed by atoms with E-state index < -0.39 is 33.6 Å². The third kappa shape index (κ3) is 6.48. The van der Waals surface area contributed by atoms with Crippen molar-refractivity contribution in [1.82, 2.24) is 4.90 Å². The van der Waals surface area contributed by atoms with Crippen molar-refractivity contribution in [3.63, 3.8) is 0 Å². The van der Waals surface area contributed by atoms with Crippen LogP contribution in [0.5, 0.6) is 11.5 Å². The first-order valence-corrected chi connectivity index (χ1v) is 12.3. The fourth-order valence-electron chi connectivity index (χ4n) is 3.27. The average Bonchev–Trinajstić information content (AvgIpc) is 2.84. The first-order valence-electron chi connectivity index (χ1n) is 10.9. The van der Waals surface area contributed by atoms with E-state index in [4.69, 9.17) is 8.92 Å². The van der Waals surface area contributed by atoms with E-state index in [1.807, 2.05) is 6.92 Å². The van der Waals surface area contributed by atoms with Crippen LogP contribution in [0.25, 0.3) is 0 Å². The smallest absolute Gasteiger partial charge is 0.339 e. The van der Waals surface area contributed by atoms with Crippen LogP contribution in [0.1, 0.15) is 25.8 Å². The number of urea groups is 1. The normalized spacial score (nSPS) is 12.1. The summed E-state index contributed by atoms with van der Waals surface area (Å²) in [6.07, 6.45) is 0.567. The van der Waals surface area contributed by atoms with Crippen LogP contribution in [0.2, 0.25) is 0 Å². The molecule has 0 aliphatic carbocycles. The number of nitrogens with one attached hydrogen (secondary N) is 1. The zero-order valence-corrected chi connectivity index (χ0v) is 20.6. The highest BCUT2D eigenvalue weighted by Crippen LogP contribution is 2.32. The zero-order valence-electron chi connectivity index (χ0n) is 19.8. The van der Waals surface area contributed by atoms with Crippen LogP contribution >= 0.6 is 0 Å². The first kappa shape index (κ1) is 26.9. The quantitative estimate of drug-likeness (QED) is 0.364. The van der Waals surface area contributed by atoms with Gasteiger partial charge in [-0.1, -0.05) is 13.0 Å². The maximum Gasteiger partial charge on any atom is 0.339 e. The number of anilines is 1. The number of benzene rings is 3. The third-order valence-electron chi connectivity index (χ3n) is 5.44. The Morgan fingerprint density at radius 1 is 0.972 bits per heavy atom. The van der Waals surface area contributed by atoms with E-state index in [-0.39, 0.29) is 34.7 Å². The van der Waals surface area contributed by atoms with E-state index in [2.05, 4.69) is 5.32 Å². The molecule has 3 rings (SSSR count). The number of rotatable bonds is 9. The second-order valence-corrected chi connectivity index (χ2v) is 9.46. The van der Waals surface area contributed by atoms with E-state index in [9.17, 15) is 26.4 Å². The van der Waals surface area contributed by atoms with Crippen LogP contribution in [0.4, 0.5) is 23.7 Å². The Morgan fingerprint density at radius 2 is 1.64 bits per heavy atom. The van der Waals surface area contributed by atoms with Gasteiger partial charge in [-0.25, -0.2) is 18.0 Å². The fraction of sp³-hybridized carbons (Fsp3) is 0.240. The lowest BCUT2D eigenvalue weighted by atomic mass is 10.1. The lowest BCUT2D eigenvalue weighted by molar-refractivity contribution is 0.187. The number of hydrogen-bond acceptors (Lipinski definition) is 5. The van der Waals surface area contributed by atoms with Crippen molar-refractivity contribution < 1.29 is 35.3 Å². The van der Waals surface area contributed by atoms with Gasteiger partial charge in [0.15, 0.2) is 11.5 Å². The molecule has 1 N–H and O–H groups in total. The molecule has 3 aromatic rings. The largest absolute Gasteiger partial charge is 0.493 e. The molecule has 0 aliphatic rings. The summed E-state index contributed by atoms with van der Waals surface area (Å²) in [7, 11) is -2.97. The van der Waals surface area contributed by atoms with Crippen molar-refractivity contribution in [1.29, 1.82) is 0 Å². The predicted molar refractivity (Wildman–Crippen MR) is 128 cm³/mol. The summed E-state index contributed by atoms with van der Waals surface area (Å²) in [5.41, 5.74) is 0.314. The Balaban J connectivity index is 1.87. The van der Waals surface area contributed by atoms with Gasteiger partial charge in [-0.3, -0.25) is 0 Å². The summed E-state index contributed by atoms with van der Waals surface area (Å²) in [6.45, 7) is 3.67. The molecule has 2 amide bonds. The van der Waals surface area contributed by atoms with Gasteiger partial charge in [-0.2, -0.15) is 8.42 Å². The molecule has 0 fully saturated rings. The van der Waals surface area contributed by atoms with Gasteiger partial charge in [-0.05, 0) is 67.4 Å². The first-order chi connectivity index (χ1) is 17.0. The molecule has 0 radical (unpaired) electrons. The fourth-order valence-corrected chi connectivity index (χ4v) is 4.21. The topological polar surface area (TPSA) is 84.9 Å². The molecular weight excluding hydrogens is 497 g/mol. The summed E-state index contributed by atoms with van der Waals surface area (Å²) >= 11 is 0. The number of carbonyl (C=O) groups is 1. The number of nitrogens with zero attached hydrogens (tertiary/aromatic N) is 1. The van der Waals surface area contributed by atoms with E-state index in [1.54, 1.807) is 13.0 Å². The molecule has 192 valence electrons. The van der Waals surface area contributed by atoms with Gasteiger partial charge in [0, 0.05) is 18.7 Å². The second kappa shape index (κ2) is 11.3. The molecule has 0 saturated heterocycles. The lowest BCUT2D eigenvalue weighted by Crippen LogP contribution is -2.40. The predicted octanol–water partition coefficient (Wildman–Crippen LogP) is 5.71. The van der Waals surface area contributed by atoms with Crippen molar-refractivity contribution in [2.75, 3.05) is 12.4 Å². The molecule has 0 aliphatic heterocycles. The Hall–Kier alpha value is -3.73. The third-order valence-corrected chi connectivity index (χ3v) is 6.69. The number of carbonyl (C=O) groups excluding carboxylic acids is 1. The van der Waals surface area contributed by atoms with E-state index in [0.29, 0.717) is 18.1 Å². The number of ether oxygens (including phenoxy) is 1. The zero-order chi connectivity index (χ0) is 26.5. The van der Waals surface area contributed by atoms with Gasteiger partial charge in [0.05, 0.1) is 12.8 Å². The molecule has 0 saturated carbocycles. The Labute approximate surface area is 207 Å². The Morgan fingerprint density at radius 3 is 2.25 bits per heavy atom. The molecule has 0 heterocycles. The van der Waals surface area contributed by atoms with Crippen molar-refractivity contribution in [3.05, 3.63) is 83.7 Å². The van der Waals surface area contributed by atoms with Gasteiger partial charge in [0.2, 0.25) is 0 Å². The van der Waals surface area contributed by atoms with Gasteiger partial charge in [-0.15, -0.1) is 0 Å². The summed E-state index contributed by atoms with van der Waals surface area (Å²) in [5.74, 6) is -2.30. The molecule has 7 nitrogen and oxygen atoms in total. The van der Waals surface area contributed by atoms with Crippen LogP contribution in [0, 0.1) is 17.5 Å². The maximum absolute atomic E-state index is 14.1. The number of methoxy groups -OCH3 is 1. The molecule has 36 heavy (non-hydrogen) atoms. The number of hydrogen-bond donors (Lipinski definition) is 1. The molecule has 11 heteroatoms. The minimum absolute atomic E-state index is 0.0145. The highest BCUT2D eigenvalue weighted by molar-refractivity contribution is 7.87. The van der Waals surface area contributed by atoms with Gasteiger partial charge < -0.3 is 19.1 Å². The SMILES string of the molecule is CCC(C)N(Cc1ccc(OC)c(OS(=O)(=O)c2ccc(F)cc2)c1)C(=O)Nc1ccc(F)cc1F. The number of halogens is 3. The molecular formula is C25H25F3N2O5S. The highest BCUT2D eigenvalue weighted by Gasteiger charge is 2.23. The minimum Gasteiger partial charge on any atom is -0.493 e. The molecule has 0 spiro atoms. The van der Waals surface area contributed by atoms with Gasteiger partial charge in [0.1, 0.15) is 22.3 Å². The van der Waals surface area contributed by atoms with E-state index in [1.165, 1.54) is 24.1 Å². The van der Waals surface area contributed by atoms with Crippen molar-refractivity contribution in [3.8, 4) is 11.5 Å². The van der Waals surface area contributed by atoms with Crippen LogP contribution in [-0.2, 0) is 16.7 Å². The summed E-state index contributed by atoms with van der Waals surface area (Å²) < 4.78 is 76.3. The summed E-state index contributed by atoms with van der Waals surface area (Å²) in [6, 6.07) is 10.5. The Bertz CT molecular complexity index is 1330. The van der Waals surface area contributed by atoms with Gasteiger partial charge in [0.25, 0.3) is 0 Å². The highest BCUT2D eigenvalue weighted by atomic mass is 32.2. The van der Waals surface area contributed by atoms with E-state index in [0.717, 1.165) is 36.4 Å². The molecule has 0 aromatic heterocycles. The Kier molecular flexibility index (Phi) is 8.46. The molecule has 1 atom stereocenters. The minimum atomic E-state index is -4.31. The molecule has 3 aromatic carbocycles. The van der Waals surface area contributed by atoms with Gasteiger partial charge >= 0.3 is 16.1 Å². The maximum atomic E-state index is 14.1. The van der Waals surface area contributed by atoms with Crippen LogP contribution in [0.15, 0.2) is 65.6 Å². The molecule has 0 bridgehead atoms. The van der Waals surface area contributed by atoms with Crippen LogP contribution in [-0.4, -0.2) is 32.5 Å². The lowest BCUT2D eigenvalue weighted by Gasteiger charge is -2.29. The van der Waals surface area contributed by atoms with E-state index >= 15 is 0 Å². The standard InChI is InChI=1S/C25H25F3N2O5S/c1-4-16(2)30(25(31)29-22-11-8-19(27)14-21(22)28)15-17-5-12-23(34-3)24(13-17)35-36(32,33)20-9-6-18(26)7-10-20/h5-14,16H,4,15H2,1-3H3,(H,29,31). The van der Waals surface area contributed by atoms with Crippen LogP contribution < -0.4 is 14.2 Å².